The van der Waals surface area contributed by atoms with Crippen molar-refractivity contribution in [2.24, 2.45) is 0 Å². The van der Waals surface area contributed by atoms with E-state index in [-0.39, 0.29) is 17.4 Å². The Labute approximate surface area is 165 Å². The number of benzene rings is 1. The summed E-state index contributed by atoms with van der Waals surface area (Å²) < 4.78 is 41.9. The van der Waals surface area contributed by atoms with Crippen LogP contribution >= 0.6 is 7.60 Å². The summed E-state index contributed by atoms with van der Waals surface area (Å²) in [6.45, 7) is 6.14. The first-order valence-corrected chi connectivity index (χ1v) is 12.6. The monoisotopic (exact) mass is 434 g/mol. The number of nitrogens with zero attached hydrogens (tertiary/aromatic N) is 1. The van der Waals surface area contributed by atoms with Crippen molar-refractivity contribution in [3.63, 3.8) is 0 Å². The highest BCUT2D eigenvalue weighted by molar-refractivity contribution is 7.97. The highest BCUT2D eigenvalue weighted by Gasteiger charge is 2.30. The topological polar surface area (TPSA) is 133 Å². The van der Waals surface area contributed by atoms with Crippen molar-refractivity contribution >= 4 is 23.3 Å². The molecule has 0 aromatic heterocycles. The van der Waals surface area contributed by atoms with Crippen LogP contribution in [0.15, 0.2) is 17.0 Å². The molecule has 1 amide bonds. The number of carbonyl (C=O) groups excluding carboxylic acids is 1. The van der Waals surface area contributed by atoms with Crippen LogP contribution in [0.25, 0.3) is 0 Å². The summed E-state index contributed by atoms with van der Waals surface area (Å²) in [5.74, 6) is 0.276. The number of amides is 1. The lowest BCUT2D eigenvalue weighted by Crippen LogP contribution is -2.47. The van der Waals surface area contributed by atoms with Gasteiger partial charge in [0.2, 0.25) is 0 Å². The fourth-order valence-corrected chi connectivity index (χ4v) is 6.53. The van der Waals surface area contributed by atoms with Gasteiger partial charge in [-0.3, -0.25) is 9.36 Å². The molecule has 11 heteroatoms. The van der Waals surface area contributed by atoms with E-state index >= 15 is 0 Å². The van der Waals surface area contributed by atoms with Gasteiger partial charge in [-0.15, -0.1) is 0 Å². The molecule has 1 heterocycles. The van der Waals surface area contributed by atoms with Crippen molar-refractivity contribution in [1.29, 1.82) is 0 Å². The van der Waals surface area contributed by atoms with Crippen LogP contribution in [0.2, 0.25) is 0 Å². The lowest BCUT2D eigenvalue weighted by atomic mass is 10.0. The molecule has 1 aromatic carbocycles. The molecule has 9 nitrogen and oxygen atoms in total. The highest BCUT2D eigenvalue weighted by Crippen LogP contribution is 2.40. The maximum atomic E-state index is 12.5. The summed E-state index contributed by atoms with van der Waals surface area (Å²) in [7, 11) is -8.89. The molecule has 0 saturated carbocycles. The van der Waals surface area contributed by atoms with Gasteiger partial charge in [0.05, 0.1) is 4.90 Å². The van der Waals surface area contributed by atoms with Crippen LogP contribution in [-0.2, 0) is 32.0 Å². The molecule has 1 fully saturated rings. The standard InChI is InChI=1S/C17H27N2O7PS/c1-3-13-14(4-2)16(28(24,25)12-27(21,22)23)6-5-15(13)26-11-17(20)19-9-7-18-8-10-19/h5-6,18H,3-4,7-12H2,1-2H3,(H2,21,22,23). The molecule has 1 aromatic rings. The zero-order valence-corrected chi connectivity index (χ0v) is 17.8. The number of carbonyl (C=O) groups is 1. The number of hydrogen-bond donors (Lipinski definition) is 3. The molecule has 1 aliphatic rings. The van der Waals surface area contributed by atoms with Gasteiger partial charge >= 0.3 is 7.60 Å². The average molecular weight is 434 g/mol. The number of rotatable bonds is 8. The van der Waals surface area contributed by atoms with E-state index in [9.17, 15) is 17.8 Å². The van der Waals surface area contributed by atoms with Gasteiger partial charge in [-0.1, -0.05) is 13.8 Å². The Bertz CT molecular complexity index is 861. The molecule has 3 N–H and O–H groups in total. The Balaban J connectivity index is 2.27. The summed E-state index contributed by atoms with van der Waals surface area (Å²) in [6, 6.07) is 2.75. The van der Waals surface area contributed by atoms with Gasteiger partial charge in [0.25, 0.3) is 5.91 Å². The van der Waals surface area contributed by atoms with E-state index in [4.69, 9.17) is 14.5 Å². The maximum Gasteiger partial charge on any atom is 0.340 e. The predicted molar refractivity (Wildman–Crippen MR) is 104 cm³/mol. The van der Waals surface area contributed by atoms with E-state index in [1.165, 1.54) is 12.1 Å². The summed E-state index contributed by atoms with van der Waals surface area (Å²) in [4.78, 5) is 32.1. The van der Waals surface area contributed by atoms with Crippen LogP contribution in [-0.4, -0.2) is 67.3 Å². The van der Waals surface area contributed by atoms with Gasteiger partial charge in [0, 0.05) is 26.2 Å². The second-order valence-electron chi connectivity index (χ2n) is 6.55. The molecule has 0 bridgehead atoms. The van der Waals surface area contributed by atoms with Gasteiger partial charge in [0.15, 0.2) is 21.9 Å². The molecule has 2 rings (SSSR count). The Morgan fingerprint density at radius 1 is 1.18 bits per heavy atom. The molecule has 28 heavy (non-hydrogen) atoms. The Hall–Kier alpha value is -1.45. The number of nitrogens with one attached hydrogen (secondary N) is 1. The molecular weight excluding hydrogens is 407 g/mol. The SMILES string of the molecule is CCc1c(OCC(=O)N2CCNCC2)ccc(S(=O)(=O)CP(=O)(O)O)c1CC. The van der Waals surface area contributed by atoms with Crippen molar-refractivity contribution in [2.75, 3.05) is 38.3 Å². The Kier molecular flexibility index (Phi) is 7.64. The van der Waals surface area contributed by atoms with E-state index in [1.807, 2.05) is 6.92 Å². The van der Waals surface area contributed by atoms with Crippen molar-refractivity contribution in [2.45, 2.75) is 31.6 Å². The molecule has 1 saturated heterocycles. The van der Waals surface area contributed by atoms with Crippen LogP contribution in [0.1, 0.15) is 25.0 Å². The van der Waals surface area contributed by atoms with Crippen LogP contribution in [0.4, 0.5) is 0 Å². The van der Waals surface area contributed by atoms with Crippen LogP contribution in [0.5, 0.6) is 5.75 Å². The molecule has 0 radical (unpaired) electrons. The minimum atomic E-state index is -4.73. The largest absolute Gasteiger partial charge is 0.483 e. The van der Waals surface area contributed by atoms with E-state index in [2.05, 4.69) is 5.32 Å². The number of sulfone groups is 1. The van der Waals surface area contributed by atoms with Crippen molar-refractivity contribution < 1.29 is 32.3 Å². The molecule has 0 unspecified atom stereocenters. The smallest absolute Gasteiger partial charge is 0.340 e. The lowest BCUT2D eigenvalue weighted by Gasteiger charge is -2.27. The van der Waals surface area contributed by atoms with Crippen LogP contribution in [0.3, 0.4) is 0 Å². The minimum Gasteiger partial charge on any atom is -0.483 e. The zero-order chi connectivity index (χ0) is 20.9. The molecule has 0 aliphatic carbocycles. The molecule has 1 aliphatic heterocycles. The number of piperazine rings is 1. The second-order valence-corrected chi connectivity index (χ2v) is 10.6. The summed E-state index contributed by atoms with van der Waals surface area (Å²) in [5.41, 5.74) is -0.150. The fourth-order valence-electron chi connectivity index (χ4n) is 3.29. The third kappa shape index (κ3) is 5.78. The van der Waals surface area contributed by atoms with Gasteiger partial charge in [-0.2, -0.15) is 0 Å². The summed E-state index contributed by atoms with van der Waals surface area (Å²) in [6.07, 6.45) is 0.807. The molecular formula is C17H27N2O7PS. The van der Waals surface area contributed by atoms with Crippen LogP contribution in [0, 0.1) is 0 Å². The van der Waals surface area contributed by atoms with E-state index in [0.717, 1.165) is 13.1 Å². The first-order chi connectivity index (χ1) is 13.1. The normalized spacial score (nSPS) is 15.5. The minimum absolute atomic E-state index is 0.101. The lowest BCUT2D eigenvalue weighted by molar-refractivity contribution is -0.133. The Morgan fingerprint density at radius 2 is 1.79 bits per heavy atom. The van der Waals surface area contributed by atoms with E-state index in [1.54, 1.807) is 11.8 Å². The van der Waals surface area contributed by atoms with Crippen molar-refractivity contribution in [1.82, 2.24) is 10.2 Å². The first-order valence-electron chi connectivity index (χ1n) is 9.12. The van der Waals surface area contributed by atoms with Crippen molar-refractivity contribution in [3.05, 3.63) is 23.3 Å². The summed E-state index contributed by atoms with van der Waals surface area (Å²) in [5, 5.41) is 3.17. The van der Waals surface area contributed by atoms with Crippen molar-refractivity contribution in [3.8, 4) is 5.75 Å². The summed E-state index contributed by atoms with van der Waals surface area (Å²) >= 11 is 0. The third-order valence-electron chi connectivity index (χ3n) is 4.55. The fraction of sp³-hybridized carbons (Fsp3) is 0.588. The average Bonchev–Trinajstić information content (AvgIpc) is 2.63. The predicted octanol–water partition coefficient (Wildman–Crippen LogP) is 0.531. The van der Waals surface area contributed by atoms with Gasteiger partial charge in [-0.05, 0) is 36.1 Å². The first kappa shape index (κ1) is 22.8. The van der Waals surface area contributed by atoms with Gasteiger partial charge in [0.1, 0.15) is 5.75 Å². The highest BCUT2D eigenvalue weighted by atomic mass is 32.2. The molecule has 0 spiro atoms. The van der Waals surface area contributed by atoms with Crippen LogP contribution < -0.4 is 10.1 Å². The van der Waals surface area contributed by atoms with Gasteiger partial charge < -0.3 is 24.7 Å². The maximum absolute atomic E-state index is 12.5. The third-order valence-corrected chi connectivity index (χ3v) is 8.30. The van der Waals surface area contributed by atoms with E-state index < -0.39 is 22.9 Å². The van der Waals surface area contributed by atoms with E-state index in [0.29, 0.717) is 42.8 Å². The van der Waals surface area contributed by atoms with Gasteiger partial charge in [-0.25, -0.2) is 8.42 Å². The molecule has 0 atom stereocenters. The number of hydrogen-bond acceptors (Lipinski definition) is 6. The number of ether oxygens (including phenoxy) is 1. The molecule has 158 valence electrons. The zero-order valence-electron chi connectivity index (χ0n) is 16.0. The quantitative estimate of drug-likeness (QED) is 0.505. The Morgan fingerprint density at radius 3 is 2.32 bits per heavy atom. The second kappa shape index (κ2) is 9.37.